The van der Waals surface area contributed by atoms with Crippen LogP contribution in [0.2, 0.25) is 0 Å². The Hall–Kier alpha value is -1.19. The molecule has 0 spiro atoms. The molecule has 0 radical (unpaired) electrons. The summed E-state index contributed by atoms with van der Waals surface area (Å²) in [5.74, 6) is -0.974. The van der Waals surface area contributed by atoms with Gasteiger partial charge in [-0.15, -0.1) is 0 Å². The lowest BCUT2D eigenvalue weighted by Gasteiger charge is -1.97. The van der Waals surface area contributed by atoms with Crippen molar-refractivity contribution in [3.63, 3.8) is 0 Å². The predicted molar refractivity (Wildman–Crippen MR) is 36.9 cm³/mol. The van der Waals surface area contributed by atoms with Gasteiger partial charge < -0.3 is 9.53 Å². The molecule has 0 aromatic rings. The van der Waals surface area contributed by atoms with Crippen LogP contribution in [0.25, 0.3) is 0 Å². The van der Waals surface area contributed by atoms with Crippen LogP contribution in [0, 0.1) is 0 Å². The minimum absolute atomic E-state index is 0.210. The van der Waals surface area contributed by atoms with E-state index in [0.717, 1.165) is 0 Å². The Morgan fingerprint density at radius 3 is 2.55 bits per heavy atom. The van der Waals surface area contributed by atoms with Crippen LogP contribution < -0.4 is 0 Å². The van der Waals surface area contributed by atoms with E-state index in [2.05, 4.69) is 4.74 Å². The standard InChI is InChI=1S/C7H10O4/c1-2-11-7(10)5-6(9)3-4-8/h4H,2-3,5H2,1H3. The number of hydrogen-bond acceptors (Lipinski definition) is 4. The zero-order valence-electron chi connectivity index (χ0n) is 6.33. The third kappa shape index (κ3) is 5.26. The van der Waals surface area contributed by atoms with Crippen LogP contribution in [0.15, 0.2) is 0 Å². The van der Waals surface area contributed by atoms with Crippen molar-refractivity contribution in [3.05, 3.63) is 0 Å². The van der Waals surface area contributed by atoms with Gasteiger partial charge in [-0.2, -0.15) is 0 Å². The van der Waals surface area contributed by atoms with Crippen LogP contribution in [0.4, 0.5) is 0 Å². The average molecular weight is 158 g/mol. The molecule has 0 aliphatic heterocycles. The largest absolute Gasteiger partial charge is 0.466 e. The first-order valence-electron chi connectivity index (χ1n) is 3.31. The molecule has 4 heteroatoms. The van der Waals surface area contributed by atoms with Gasteiger partial charge in [0.15, 0.2) is 5.78 Å². The SMILES string of the molecule is CCOC(=O)CC(=O)CC=O. The Kier molecular flexibility index (Phi) is 4.98. The monoisotopic (exact) mass is 158 g/mol. The quantitative estimate of drug-likeness (QED) is 0.323. The maximum atomic E-state index is 10.6. The second-order valence-corrected chi connectivity index (χ2v) is 1.89. The topological polar surface area (TPSA) is 60.4 Å². The van der Waals surface area contributed by atoms with E-state index in [0.29, 0.717) is 6.29 Å². The number of hydrogen-bond donors (Lipinski definition) is 0. The molecule has 0 amide bonds. The number of carbonyl (C=O) groups excluding carboxylic acids is 3. The molecule has 0 saturated carbocycles. The Morgan fingerprint density at radius 1 is 1.45 bits per heavy atom. The van der Waals surface area contributed by atoms with Crippen LogP contribution in [-0.4, -0.2) is 24.6 Å². The number of aldehydes is 1. The van der Waals surface area contributed by atoms with Crippen LogP contribution in [0.3, 0.4) is 0 Å². The molecule has 0 bridgehead atoms. The maximum absolute atomic E-state index is 10.6. The summed E-state index contributed by atoms with van der Waals surface area (Å²) in [6, 6.07) is 0. The van der Waals surface area contributed by atoms with Gasteiger partial charge in [-0.1, -0.05) is 0 Å². The number of carbonyl (C=O) groups is 3. The van der Waals surface area contributed by atoms with Crippen LogP contribution in [0.1, 0.15) is 19.8 Å². The molecule has 4 nitrogen and oxygen atoms in total. The van der Waals surface area contributed by atoms with Crippen molar-refractivity contribution in [2.75, 3.05) is 6.61 Å². The molecule has 0 aliphatic carbocycles. The Labute approximate surface area is 64.5 Å². The van der Waals surface area contributed by atoms with Gasteiger partial charge in [0, 0.05) is 0 Å². The summed E-state index contributed by atoms with van der Waals surface area (Å²) in [5.41, 5.74) is 0. The van der Waals surface area contributed by atoms with E-state index in [1.165, 1.54) is 0 Å². The lowest BCUT2D eigenvalue weighted by atomic mass is 10.2. The van der Waals surface area contributed by atoms with E-state index >= 15 is 0 Å². The summed E-state index contributed by atoms with van der Waals surface area (Å²) in [6.07, 6.45) is -0.0348. The normalized spacial score (nSPS) is 8.82. The number of esters is 1. The van der Waals surface area contributed by atoms with Crippen molar-refractivity contribution in [1.82, 2.24) is 0 Å². The highest BCUT2D eigenvalue weighted by molar-refractivity contribution is 6.00. The highest BCUT2D eigenvalue weighted by Gasteiger charge is 2.08. The van der Waals surface area contributed by atoms with Crippen molar-refractivity contribution < 1.29 is 19.1 Å². The van der Waals surface area contributed by atoms with Gasteiger partial charge in [0.05, 0.1) is 13.0 Å². The van der Waals surface area contributed by atoms with Crippen molar-refractivity contribution in [2.24, 2.45) is 0 Å². The summed E-state index contributed by atoms with van der Waals surface area (Å²) in [4.78, 5) is 30.9. The highest BCUT2D eigenvalue weighted by Crippen LogP contribution is 1.90. The molecule has 0 rings (SSSR count). The zero-order chi connectivity index (χ0) is 8.69. The third-order valence-corrected chi connectivity index (χ3v) is 0.958. The Bertz CT molecular complexity index is 162. The summed E-state index contributed by atoms with van der Waals surface area (Å²) < 4.78 is 4.48. The van der Waals surface area contributed by atoms with Gasteiger partial charge in [-0.05, 0) is 6.92 Å². The van der Waals surface area contributed by atoms with E-state index in [1.807, 2.05) is 0 Å². The van der Waals surface area contributed by atoms with Crippen LogP contribution in [-0.2, 0) is 19.1 Å². The molecule has 0 aromatic heterocycles. The van der Waals surface area contributed by atoms with Gasteiger partial charge in [0.1, 0.15) is 12.7 Å². The summed E-state index contributed by atoms with van der Waals surface area (Å²) in [6.45, 7) is 1.91. The minimum Gasteiger partial charge on any atom is -0.466 e. The lowest BCUT2D eigenvalue weighted by molar-refractivity contribution is -0.145. The van der Waals surface area contributed by atoms with Crippen molar-refractivity contribution in [2.45, 2.75) is 19.8 Å². The fraction of sp³-hybridized carbons (Fsp3) is 0.571. The molecule has 0 aliphatic rings. The first-order valence-corrected chi connectivity index (χ1v) is 3.31. The number of rotatable bonds is 5. The minimum atomic E-state index is -0.570. The molecule has 0 atom stereocenters. The third-order valence-electron chi connectivity index (χ3n) is 0.958. The average Bonchev–Trinajstić information content (AvgIpc) is 1.87. The maximum Gasteiger partial charge on any atom is 0.313 e. The van der Waals surface area contributed by atoms with Crippen LogP contribution >= 0.6 is 0 Å². The second kappa shape index (κ2) is 5.58. The second-order valence-electron chi connectivity index (χ2n) is 1.89. The van der Waals surface area contributed by atoms with Crippen molar-refractivity contribution in [1.29, 1.82) is 0 Å². The molecule has 11 heavy (non-hydrogen) atoms. The fourth-order valence-electron chi connectivity index (χ4n) is 0.538. The first-order chi connectivity index (χ1) is 5.20. The molecule has 0 unspecified atom stereocenters. The highest BCUT2D eigenvalue weighted by atomic mass is 16.5. The lowest BCUT2D eigenvalue weighted by Crippen LogP contribution is -2.11. The van der Waals surface area contributed by atoms with Gasteiger partial charge >= 0.3 is 5.97 Å². The van der Waals surface area contributed by atoms with E-state index in [4.69, 9.17) is 0 Å². The predicted octanol–water partition coefficient (Wildman–Crippen LogP) is 0.0977. The zero-order valence-corrected chi connectivity index (χ0v) is 6.33. The molecule has 62 valence electrons. The summed E-state index contributed by atoms with van der Waals surface area (Å²) in [5, 5.41) is 0. The molecule has 0 heterocycles. The Morgan fingerprint density at radius 2 is 2.09 bits per heavy atom. The van der Waals surface area contributed by atoms with Crippen molar-refractivity contribution in [3.8, 4) is 0 Å². The molecule has 0 saturated heterocycles. The van der Waals surface area contributed by atoms with E-state index in [1.54, 1.807) is 6.92 Å². The number of Topliss-reactive ketones (excluding diaryl/α,β-unsaturated/α-hetero) is 1. The number of ketones is 1. The fourth-order valence-corrected chi connectivity index (χ4v) is 0.538. The van der Waals surface area contributed by atoms with Crippen LogP contribution in [0.5, 0.6) is 0 Å². The molecular formula is C7H10O4. The first kappa shape index (κ1) is 9.81. The van der Waals surface area contributed by atoms with Gasteiger partial charge in [0.2, 0.25) is 0 Å². The molecule has 0 fully saturated rings. The van der Waals surface area contributed by atoms with Gasteiger partial charge in [-0.3, -0.25) is 9.59 Å². The van der Waals surface area contributed by atoms with Crippen molar-refractivity contribution >= 4 is 18.0 Å². The summed E-state index contributed by atoms with van der Waals surface area (Å²) >= 11 is 0. The van der Waals surface area contributed by atoms with E-state index in [9.17, 15) is 14.4 Å². The van der Waals surface area contributed by atoms with Gasteiger partial charge in [0.25, 0.3) is 0 Å². The van der Waals surface area contributed by atoms with E-state index < -0.39 is 11.8 Å². The molecule has 0 N–H and O–H groups in total. The van der Waals surface area contributed by atoms with E-state index in [-0.39, 0.29) is 19.4 Å². The smallest absolute Gasteiger partial charge is 0.313 e. The van der Waals surface area contributed by atoms with Gasteiger partial charge in [-0.25, -0.2) is 0 Å². The summed E-state index contributed by atoms with van der Waals surface area (Å²) in [7, 11) is 0. The Balaban J connectivity index is 3.57. The number of ether oxygens (including phenoxy) is 1. The molecule has 0 aromatic carbocycles. The molecular weight excluding hydrogens is 148 g/mol.